The summed E-state index contributed by atoms with van der Waals surface area (Å²) in [6.45, 7) is 1.88. The molecular weight excluding hydrogens is 268 g/mol. The Morgan fingerprint density at radius 2 is 2.30 bits per heavy atom. The van der Waals surface area contributed by atoms with Crippen LogP contribution in [-0.4, -0.2) is 37.2 Å². The predicted octanol–water partition coefficient (Wildman–Crippen LogP) is 0.329. The standard InChI is InChI=1S/C10H10N6O4/c1-2-20-9(17)6-3-13-15(5-6)8-7(16(18)19)4-12-10(11)14-8/h3-5H,2H2,1H3,(H2,11,12,14). The van der Waals surface area contributed by atoms with Crippen LogP contribution in [-0.2, 0) is 4.74 Å². The lowest BCUT2D eigenvalue weighted by molar-refractivity contribution is -0.385. The lowest BCUT2D eigenvalue weighted by Gasteiger charge is -2.02. The number of esters is 1. The van der Waals surface area contributed by atoms with Crippen LogP contribution in [0.15, 0.2) is 18.6 Å². The lowest BCUT2D eigenvalue weighted by Crippen LogP contribution is -2.07. The summed E-state index contributed by atoms with van der Waals surface area (Å²) in [5.74, 6) is -0.847. The van der Waals surface area contributed by atoms with Gasteiger partial charge in [-0.25, -0.2) is 14.5 Å². The molecule has 0 bridgehead atoms. The van der Waals surface area contributed by atoms with Crippen LogP contribution in [0, 0.1) is 10.1 Å². The first-order valence-electron chi connectivity index (χ1n) is 5.52. The first kappa shape index (κ1) is 13.4. The number of anilines is 1. The van der Waals surface area contributed by atoms with Crippen LogP contribution in [0.2, 0.25) is 0 Å². The second kappa shape index (κ2) is 5.30. The van der Waals surface area contributed by atoms with Crippen LogP contribution in [0.5, 0.6) is 0 Å². The predicted molar refractivity (Wildman–Crippen MR) is 66.2 cm³/mol. The monoisotopic (exact) mass is 278 g/mol. The maximum atomic E-state index is 11.5. The molecule has 2 heterocycles. The highest BCUT2D eigenvalue weighted by Gasteiger charge is 2.20. The number of hydrogen-bond donors (Lipinski definition) is 1. The van der Waals surface area contributed by atoms with E-state index < -0.39 is 10.9 Å². The Bertz CT molecular complexity index is 668. The van der Waals surface area contributed by atoms with Crippen molar-refractivity contribution in [3.63, 3.8) is 0 Å². The first-order valence-corrected chi connectivity index (χ1v) is 5.52. The molecular formula is C10H10N6O4. The molecule has 0 aliphatic rings. The van der Waals surface area contributed by atoms with Crippen LogP contribution < -0.4 is 5.73 Å². The van der Waals surface area contributed by atoms with Gasteiger partial charge < -0.3 is 10.5 Å². The number of ether oxygens (including phenoxy) is 1. The normalized spacial score (nSPS) is 10.2. The van der Waals surface area contributed by atoms with Crippen molar-refractivity contribution in [2.75, 3.05) is 12.3 Å². The molecule has 0 aliphatic carbocycles. The van der Waals surface area contributed by atoms with Gasteiger partial charge in [0, 0.05) is 6.20 Å². The molecule has 0 saturated heterocycles. The molecule has 104 valence electrons. The van der Waals surface area contributed by atoms with Crippen molar-refractivity contribution < 1.29 is 14.5 Å². The molecule has 10 heteroatoms. The smallest absolute Gasteiger partial charge is 0.341 e. The third-order valence-corrected chi connectivity index (χ3v) is 2.28. The average Bonchev–Trinajstić information content (AvgIpc) is 2.88. The minimum atomic E-state index is -0.666. The second-order valence-electron chi connectivity index (χ2n) is 3.59. The van der Waals surface area contributed by atoms with Gasteiger partial charge in [-0.3, -0.25) is 10.1 Å². The van der Waals surface area contributed by atoms with Crippen molar-refractivity contribution in [2.24, 2.45) is 0 Å². The van der Waals surface area contributed by atoms with E-state index in [2.05, 4.69) is 15.1 Å². The molecule has 20 heavy (non-hydrogen) atoms. The minimum absolute atomic E-state index is 0.127. The molecule has 0 spiro atoms. The Morgan fingerprint density at radius 3 is 2.95 bits per heavy atom. The van der Waals surface area contributed by atoms with Crippen molar-refractivity contribution in [3.05, 3.63) is 34.3 Å². The Hall–Kier alpha value is -3.04. The van der Waals surface area contributed by atoms with Crippen molar-refractivity contribution in [2.45, 2.75) is 6.92 Å². The van der Waals surface area contributed by atoms with Gasteiger partial charge >= 0.3 is 11.7 Å². The molecule has 0 aromatic carbocycles. The fraction of sp³-hybridized carbons (Fsp3) is 0.200. The SMILES string of the molecule is CCOC(=O)c1cnn(-c2nc(N)ncc2[N+](=O)[O-])c1. The fourth-order valence-electron chi connectivity index (χ4n) is 1.44. The summed E-state index contributed by atoms with van der Waals surface area (Å²) in [5, 5.41) is 14.7. The molecule has 10 nitrogen and oxygen atoms in total. The number of carbonyl (C=O) groups is 1. The van der Waals surface area contributed by atoms with Gasteiger partial charge in [-0.1, -0.05) is 0 Å². The van der Waals surface area contributed by atoms with E-state index >= 15 is 0 Å². The summed E-state index contributed by atoms with van der Waals surface area (Å²) in [4.78, 5) is 29.1. The third kappa shape index (κ3) is 2.53. The summed E-state index contributed by atoms with van der Waals surface area (Å²) >= 11 is 0. The van der Waals surface area contributed by atoms with E-state index in [1.807, 2.05) is 0 Å². The van der Waals surface area contributed by atoms with Gasteiger partial charge in [-0.05, 0) is 6.92 Å². The Kier molecular flexibility index (Phi) is 3.55. The van der Waals surface area contributed by atoms with Crippen molar-refractivity contribution in [3.8, 4) is 5.82 Å². The molecule has 2 aromatic heterocycles. The number of aromatic nitrogens is 4. The Balaban J connectivity index is 2.44. The quantitative estimate of drug-likeness (QED) is 0.479. The highest BCUT2D eigenvalue weighted by Crippen LogP contribution is 2.20. The van der Waals surface area contributed by atoms with Gasteiger partial charge in [0.1, 0.15) is 6.20 Å². The number of nitrogens with two attached hydrogens (primary N) is 1. The van der Waals surface area contributed by atoms with Gasteiger partial charge in [0.15, 0.2) is 0 Å². The third-order valence-electron chi connectivity index (χ3n) is 2.28. The van der Waals surface area contributed by atoms with Crippen LogP contribution >= 0.6 is 0 Å². The topological polar surface area (TPSA) is 139 Å². The molecule has 0 amide bonds. The summed E-state index contributed by atoms with van der Waals surface area (Å²) in [6.07, 6.45) is 3.47. The number of nitrogens with zero attached hydrogens (tertiary/aromatic N) is 5. The van der Waals surface area contributed by atoms with Crippen molar-refractivity contribution >= 4 is 17.6 Å². The fourth-order valence-corrected chi connectivity index (χ4v) is 1.44. The summed E-state index contributed by atoms with van der Waals surface area (Å²) < 4.78 is 5.87. The lowest BCUT2D eigenvalue weighted by atomic mass is 10.4. The maximum Gasteiger partial charge on any atom is 0.341 e. The number of nitrogen functional groups attached to an aromatic ring is 1. The largest absolute Gasteiger partial charge is 0.462 e. The van der Waals surface area contributed by atoms with E-state index in [0.29, 0.717) is 0 Å². The molecule has 0 saturated carbocycles. The zero-order valence-corrected chi connectivity index (χ0v) is 10.4. The molecule has 2 aromatic rings. The van der Waals surface area contributed by atoms with Gasteiger partial charge in [0.25, 0.3) is 0 Å². The minimum Gasteiger partial charge on any atom is -0.462 e. The van der Waals surface area contributed by atoms with Gasteiger partial charge in [0.05, 0.1) is 23.3 Å². The van der Waals surface area contributed by atoms with E-state index in [0.717, 1.165) is 10.9 Å². The zero-order chi connectivity index (χ0) is 14.7. The second-order valence-corrected chi connectivity index (χ2v) is 3.59. The zero-order valence-electron chi connectivity index (χ0n) is 10.4. The van der Waals surface area contributed by atoms with Crippen molar-refractivity contribution in [1.29, 1.82) is 0 Å². The Labute approximate surface area is 112 Å². The summed E-state index contributed by atoms with van der Waals surface area (Å²) in [7, 11) is 0. The number of rotatable bonds is 4. The van der Waals surface area contributed by atoms with E-state index in [-0.39, 0.29) is 29.6 Å². The van der Waals surface area contributed by atoms with E-state index in [1.165, 1.54) is 12.4 Å². The van der Waals surface area contributed by atoms with Crippen LogP contribution in [0.4, 0.5) is 11.6 Å². The molecule has 0 radical (unpaired) electrons. The van der Waals surface area contributed by atoms with E-state index in [1.54, 1.807) is 6.92 Å². The van der Waals surface area contributed by atoms with Crippen molar-refractivity contribution in [1.82, 2.24) is 19.7 Å². The molecule has 2 N–H and O–H groups in total. The van der Waals surface area contributed by atoms with Crippen LogP contribution in [0.1, 0.15) is 17.3 Å². The van der Waals surface area contributed by atoms with E-state index in [9.17, 15) is 14.9 Å². The van der Waals surface area contributed by atoms with E-state index in [4.69, 9.17) is 10.5 Å². The molecule has 0 fully saturated rings. The molecule has 2 rings (SSSR count). The van der Waals surface area contributed by atoms with Gasteiger partial charge in [0.2, 0.25) is 11.8 Å². The van der Waals surface area contributed by atoms with Crippen LogP contribution in [0.25, 0.3) is 5.82 Å². The Morgan fingerprint density at radius 1 is 1.55 bits per heavy atom. The summed E-state index contributed by atoms with van der Waals surface area (Å²) in [6, 6.07) is 0. The van der Waals surface area contributed by atoms with Gasteiger partial charge in [-0.2, -0.15) is 10.1 Å². The average molecular weight is 278 g/mol. The number of hydrogen-bond acceptors (Lipinski definition) is 8. The van der Waals surface area contributed by atoms with Crippen LogP contribution in [0.3, 0.4) is 0 Å². The number of nitro groups is 1. The molecule has 0 aliphatic heterocycles. The van der Waals surface area contributed by atoms with Gasteiger partial charge in [-0.15, -0.1) is 0 Å². The highest BCUT2D eigenvalue weighted by atomic mass is 16.6. The molecule has 0 atom stereocenters. The summed E-state index contributed by atoms with van der Waals surface area (Å²) in [5.41, 5.74) is 5.18. The highest BCUT2D eigenvalue weighted by molar-refractivity contribution is 5.88. The first-order chi connectivity index (χ1) is 9.52. The molecule has 0 unspecified atom stereocenters. The maximum absolute atomic E-state index is 11.5. The number of carbonyl (C=O) groups excluding carboxylic acids is 1.